The van der Waals surface area contributed by atoms with Crippen LogP contribution in [0.4, 0.5) is 4.39 Å². The Hall–Kier alpha value is -1.98. The maximum Gasteiger partial charge on any atom is 2.00 e. The maximum absolute atomic E-state index is 12.3. The standard InChI is InChI=1S/C8H7F.2C6H5.Pt/c9-8-6-4-2-1-3-5-7-8;2*1-2-4-6-5-3-1;/h1-7H;2*1-5H;/q;2*-1;+2. The molecule has 1 aliphatic rings. The van der Waals surface area contributed by atoms with Gasteiger partial charge in [0.05, 0.1) is 0 Å². The van der Waals surface area contributed by atoms with Crippen LogP contribution >= 0.6 is 0 Å². The first-order chi connectivity index (χ1) is 10.4. The molecule has 0 nitrogen and oxygen atoms in total. The first-order valence-corrected chi connectivity index (χ1v) is 6.59. The van der Waals surface area contributed by atoms with Crippen LogP contribution in [0.15, 0.2) is 109 Å². The van der Waals surface area contributed by atoms with Crippen LogP contribution in [0, 0.1) is 12.1 Å². The minimum atomic E-state index is -0.212. The van der Waals surface area contributed by atoms with Gasteiger partial charge < -0.3 is 0 Å². The Kier molecular flexibility index (Phi) is 14.0. The van der Waals surface area contributed by atoms with Gasteiger partial charge in [-0.2, -0.15) is 72.8 Å². The van der Waals surface area contributed by atoms with E-state index in [2.05, 4.69) is 12.1 Å². The fourth-order valence-electron chi connectivity index (χ4n) is 1.23. The summed E-state index contributed by atoms with van der Waals surface area (Å²) in [4.78, 5) is 0. The van der Waals surface area contributed by atoms with Crippen LogP contribution < -0.4 is 0 Å². The topological polar surface area (TPSA) is 0 Å². The predicted octanol–water partition coefficient (Wildman–Crippen LogP) is 5.49. The van der Waals surface area contributed by atoms with Gasteiger partial charge in [0.25, 0.3) is 0 Å². The smallest absolute Gasteiger partial charge is 0.207 e. The maximum atomic E-state index is 12.3. The average Bonchev–Trinajstić information content (AvgIpc) is 2.56. The summed E-state index contributed by atoms with van der Waals surface area (Å²) in [6, 6.07) is 25.0. The first kappa shape index (κ1) is 20.0. The van der Waals surface area contributed by atoms with Gasteiger partial charge in [-0.05, 0) is 12.2 Å². The number of allylic oxidation sites excluding steroid dienone is 8. The van der Waals surface area contributed by atoms with Gasteiger partial charge >= 0.3 is 21.1 Å². The number of benzene rings is 2. The van der Waals surface area contributed by atoms with Crippen molar-refractivity contribution in [3.05, 3.63) is 121 Å². The van der Waals surface area contributed by atoms with Gasteiger partial charge in [0.15, 0.2) is 0 Å². The molecule has 2 aromatic rings. The van der Waals surface area contributed by atoms with Gasteiger partial charge in [-0.15, -0.1) is 0 Å². The van der Waals surface area contributed by atoms with E-state index in [9.17, 15) is 4.39 Å². The summed E-state index contributed by atoms with van der Waals surface area (Å²) in [6.45, 7) is 0. The molecule has 0 aliphatic heterocycles. The van der Waals surface area contributed by atoms with Crippen molar-refractivity contribution in [1.29, 1.82) is 0 Å². The molecule has 0 spiro atoms. The van der Waals surface area contributed by atoms with Crippen molar-refractivity contribution in [2.24, 2.45) is 0 Å². The molecule has 0 unspecified atom stereocenters. The van der Waals surface area contributed by atoms with Crippen molar-refractivity contribution in [2.75, 3.05) is 0 Å². The molecule has 3 rings (SSSR count). The Labute approximate surface area is 146 Å². The first-order valence-electron chi connectivity index (χ1n) is 6.59. The zero-order valence-corrected chi connectivity index (χ0v) is 14.3. The zero-order chi connectivity index (χ0) is 15.0. The molecule has 0 saturated carbocycles. The molecule has 0 atom stereocenters. The van der Waals surface area contributed by atoms with E-state index in [0.717, 1.165) is 0 Å². The Morgan fingerprint density at radius 2 is 1.05 bits per heavy atom. The van der Waals surface area contributed by atoms with Crippen LogP contribution in [-0.2, 0) is 21.1 Å². The quantitative estimate of drug-likeness (QED) is 0.446. The minimum absolute atomic E-state index is 0. The molecular weight excluding hydrogens is 454 g/mol. The fraction of sp³-hybridized carbons (Fsp3) is 0. The summed E-state index contributed by atoms with van der Waals surface area (Å²) in [7, 11) is 0. The number of halogens is 1. The SMILES string of the molecule is FC1=CC=CC=CC=C1.[Pt+2].[c-]1ccccc1.[c-]1ccccc1. The predicted molar refractivity (Wildman–Crippen MR) is 87.2 cm³/mol. The van der Waals surface area contributed by atoms with Crippen molar-refractivity contribution in [3.63, 3.8) is 0 Å². The van der Waals surface area contributed by atoms with E-state index in [1.807, 2.05) is 66.7 Å². The number of hydrogen-bond acceptors (Lipinski definition) is 0. The van der Waals surface area contributed by atoms with E-state index in [4.69, 9.17) is 0 Å². The molecule has 0 N–H and O–H groups in total. The summed E-state index contributed by atoms with van der Waals surface area (Å²) >= 11 is 0. The van der Waals surface area contributed by atoms with E-state index < -0.39 is 0 Å². The van der Waals surface area contributed by atoms with Crippen LogP contribution in [0.2, 0.25) is 0 Å². The Bertz CT molecular complexity index is 484. The van der Waals surface area contributed by atoms with Crippen LogP contribution in [0.1, 0.15) is 0 Å². The van der Waals surface area contributed by atoms with Crippen molar-refractivity contribution >= 4 is 0 Å². The molecule has 22 heavy (non-hydrogen) atoms. The second-order valence-electron chi connectivity index (χ2n) is 3.84. The molecule has 0 fully saturated rings. The normalized spacial score (nSPS) is 11.2. The molecule has 0 bridgehead atoms. The molecule has 0 aromatic heterocycles. The number of hydrogen-bond donors (Lipinski definition) is 0. The third-order valence-corrected chi connectivity index (χ3v) is 2.17. The molecule has 0 amide bonds. The van der Waals surface area contributed by atoms with Gasteiger partial charge in [-0.25, -0.2) is 4.39 Å². The second-order valence-corrected chi connectivity index (χ2v) is 3.84. The summed E-state index contributed by atoms with van der Waals surface area (Å²) < 4.78 is 12.3. The van der Waals surface area contributed by atoms with Crippen molar-refractivity contribution in [2.45, 2.75) is 0 Å². The third-order valence-electron chi connectivity index (χ3n) is 2.17. The number of rotatable bonds is 0. The van der Waals surface area contributed by atoms with Crippen molar-refractivity contribution in [1.82, 2.24) is 0 Å². The molecule has 0 saturated heterocycles. The van der Waals surface area contributed by atoms with E-state index >= 15 is 0 Å². The summed E-state index contributed by atoms with van der Waals surface area (Å²) in [6.07, 6.45) is 11.6. The zero-order valence-electron chi connectivity index (χ0n) is 12.0. The summed E-state index contributed by atoms with van der Waals surface area (Å²) in [5, 5.41) is 0. The van der Waals surface area contributed by atoms with Gasteiger partial charge in [-0.1, -0.05) is 30.4 Å². The Balaban J connectivity index is 0.000000303. The van der Waals surface area contributed by atoms with E-state index in [1.165, 1.54) is 12.2 Å². The Morgan fingerprint density at radius 3 is 1.45 bits per heavy atom. The molecule has 114 valence electrons. The molecule has 0 radical (unpaired) electrons. The monoisotopic (exact) mass is 471 g/mol. The fourth-order valence-corrected chi connectivity index (χ4v) is 1.23. The van der Waals surface area contributed by atoms with E-state index in [1.54, 1.807) is 24.3 Å². The van der Waals surface area contributed by atoms with E-state index in [0.29, 0.717) is 0 Å². The van der Waals surface area contributed by atoms with Crippen molar-refractivity contribution in [3.8, 4) is 0 Å². The van der Waals surface area contributed by atoms with Gasteiger partial charge in [-0.3, -0.25) is 0 Å². The minimum Gasteiger partial charge on any atom is -0.207 e. The molecular formula is C20H17FPt. The van der Waals surface area contributed by atoms with Crippen LogP contribution in [0.5, 0.6) is 0 Å². The molecule has 0 heterocycles. The largest absolute Gasteiger partial charge is 2.00 e. The van der Waals surface area contributed by atoms with Gasteiger partial charge in [0, 0.05) is 0 Å². The van der Waals surface area contributed by atoms with Gasteiger partial charge in [0.1, 0.15) is 5.83 Å². The van der Waals surface area contributed by atoms with Crippen LogP contribution in [0.25, 0.3) is 0 Å². The Morgan fingerprint density at radius 1 is 0.591 bits per heavy atom. The van der Waals surface area contributed by atoms with E-state index in [-0.39, 0.29) is 26.9 Å². The average molecular weight is 471 g/mol. The van der Waals surface area contributed by atoms with Crippen molar-refractivity contribution < 1.29 is 25.5 Å². The molecule has 1 aliphatic carbocycles. The molecule has 2 aromatic carbocycles. The second kappa shape index (κ2) is 15.4. The molecule has 2 heteroatoms. The third kappa shape index (κ3) is 13.0. The summed E-state index contributed by atoms with van der Waals surface area (Å²) in [5.74, 6) is -0.212. The van der Waals surface area contributed by atoms with Crippen LogP contribution in [0.3, 0.4) is 0 Å². The summed E-state index contributed by atoms with van der Waals surface area (Å²) in [5.41, 5.74) is 0. The van der Waals surface area contributed by atoms with Crippen LogP contribution in [-0.4, -0.2) is 0 Å². The van der Waals surface area contributed by atoms with Gasteiger partial charge in [0.2, 0.25) is 0 Å².